The van der Waals surface area contributed by atoms with Crippen LogP contribution in [0.4, 0.5) is 27.1 Å². The van der Waals surface area contributed by atoms with E-state index in [1.807, 2.05) is 43.3 Å². The zero-order valence-corrected chi connectivity index (χ0v) is 14.5. The maximum Gasteiger partial charge on any atom is 0.274 e. The Hall–Kier alpha value is -3.41. The molecule has 0 radical (unpaired) electrons. The Kier molecular flexibility index (Phi) is 5.12. The number of nitrogens with one attached hydrogen (secondary N) is 2. The first-order valence-corrected chi connectivity index (χ1v) is 8.09. The molecule has 2 aromatic carbocycles. The third-order valence-electron chi connectivity index (χ3n) is 3.75. The summed E-state index contributed by atoms with van der Waals surface area (Å²) in [6.07, 6.45) is 1.54. The van der Waals surface area contributed by atoms with Gasteiger partial charge in [0.15, 0.2) is 0 Å². The van der Waals surface area contributed by atoms with Crippen LogP contribution < -0.4 is 15.5 Å². The number of pyridine rings is 1. The maximum absolute atomic E-state index is 13.2. The number of amides is 1. The van der Waals surface area contributed by atoms with E-state index < -0.39 is 0 Å². The van der Waals surface area contributed by atoms with Crippen molar-refractivity contribution >= 4 is 28.7 Å². The van der Waals surface area contributed by atoms with Gasteiger partial charge in [-0.15, -0.1) is 0 Å². The van der Waals surface area contributed by atoms with Gasteiger partial charge in [0.2, 0.25) is 0 Å². The number of carbonyl (C=O) groups is 1. The molecule has 0 saturated carbocycles. The summed E-state index contributed by atoms with van der Waals surface area (Å²) in [6.45, 7) is 0. The van der Waals surface area contributed by atoms with Crippen LogP contribution in [0.1, 0.15) is 10.5 Å². The largest absolute Gasteiger partial charge is 0.378 e. The molecular formula is C20H19FN4O. The van der Waals surface area contributed by atoms with Crippen molar-refractivity contribution in [3.8, 4) is 0 Å². The lowest BCUT2D eigenvalue weighted by Gasteiger charge is -2.13. The molecule has 3 rings (SSSR count). The Balaban J connectivity index is 1.65. The number of hydrogen-bond acceptors (Lipinski definition) is 4. The van der Waals surface area contributed by atoms with Crippen molar-refractivity contribution in [3.63, 3.8) is 0 Å². The fourth-order valence-corrected chi connectivity index (χ4v) is 2.37. The molecule has 0 aliphatic carbocycles. The molecule has 3 aromatic rings. The minimum atomic E-state index is -0.320. The van der Waals surface area contributed by atoms with Crippen molar-refractivity contribution in [2.24, 2.45) is 0 Å². The van der Waals surface area contributed by atoms with Gasteiger partial charge in [-0.25, -0.2) is 9.37 Å². The Morgan fingerprint density at radius 2 is 1.69 bits per heavy atom. The van der Waals surface area contributed by atoms with Crippen LogP contribution in [-0.2, 0) is 0 Å². The van der Waals surface area contributed by atoms with Gasteiger partial charge in [0.05, 0.1) is 11.9 Å². The summed E-state index contributed by atoms with van der Waals surface area (Å²) in [6, 6.07) is 17.0. The predicted octanol–water partition coefficient (Wildman–Crippen LogP) is 4.28. The van der Waals surface area contributed by atoms with Crippen LogP contribution in [0, 0.1) is 5.82 Å². The molecule has 6 heteroatoms. The molecule has 1 heterocycles. The quantitative estimate of drug-likeness (QED) is 0.721. The summed E-state index contributed by atoms with van der Waals surface area (Å²) < 4.78 is 13.2. The molecule has 132 valence electrons. The summed E-state index contributed by atoms with van der Waals surface area (Å²) in [5, 5.41) is 5.85. The van der Waals surface area contributed by atoms with Crippen LogP contribution in [0.3, 0.4) is 0 Å². The number of halogens is 1. The van der Waals surface area contributed by atoms with E-state index in [-0.39, 0.29) is 11.7 Å². The van der Waals surface area contributed by atoms with E-state index in [0.717, 1.165) is 5.69 Å². The lowest BCUT2D eigenvalue weighted by molar-refractivity contribution is 0.102. The Morgan fingerprint density at radius 1 is 0.962 bits per heavy atom. The van der Waals surface area contributed by atoms with Crippen molar-refractivity contribution in [1.82, 2.24) is 4.98 Å². The SMILES string of the molecule is CN(C)c1ccc(NC(=O)c2ccc(Nc3cccc(F)c3)cn2)cc1. The van der Waals surface area contributed by atoms with Crippen molar-refractivity contribution in [1.29, 1.82) is 0 Å². The second-order valence-electron chi connectivity index (χ2n) is 5.96. The second kappa shape index (κ2) is 7.65. The Labute approximate surface area is 151 Å². The molecule has 0 aliphatic rings. The molecule has 0 aliphatic heterocycles. The van der Waals surface area contributed by atoms with Gasteiger partial charge < -0.3 is 15.5 Å². The number of rotatable bonds is 5. The van der Waals surface area contributed by atoms with Crippen molar-refractivity contribution in [3.05, 3.63) is 78.4 Å². The standard InChI is InChI=1S/C20H19FN4O/c1-25(2)18-9-6-15(7-10-18)24-20(26)19-11-8-17(13-22-19)23-16-5-3-4-14(21)12-16/h3-13,23H,1-2H3,(H,24,26). The zero-order chi connectivity index (χ0) is 18.5. The summed E-state index contributed by atoms with van der Waals surface area (Å²) in [5.41, 5.74) is 3.33. The molecule has 1 amide bonds. The predicted molar refractivity (Wildman–Crippen MR) is 103 cm³/mol. The topological polar surface area (TPSA) is 57.3 Å². The highest BCUT2D eigenvalue weighted by molar-refractivity contribution is 6.03. The minimum Gasteiger partial charge on any atom is -0.378 e. The molecular weight excluding hydrogens is 331 g/mol. The molecule has 0 saturated heterocycles. The van der Waals surface area contributed by atoms with Gasteiger partial charge in [0.1, 0.15) is 11.5 Å². The first kappa shape index (κ1) is 17.4. The van der Waals surface area contributed by atoms with Crippen LogP contribution in [0.15, 0.2) is 66.9 Å². The van der Waals surface area contributed by atoms with Gasteiger partial charge in [-0.05, 0) is 54.6 Å². The average Bonchev–Trinajstić information content (AvgIpc) is 2.63. The smallest absolute Gasteiger partial charge is 0.274 e. The van der Waals surface area contributed by atoms with Gasteiger partial charge in [-0.1, -0.05) is 6.07 Å². The molecule has 0 fully saturated rings. The van der Waals surface area contributed by atoms with E-state index in [2.05, 4.69) is 15.6 Å². The van der Waals surface area contributed by atoms with E-state index in [4.69, 9.17) is 0 Å². The van der Waals surface area contributed by atoms with Crippen molar-refractivity contribution in [2.45, 2.75) is 0 Å². The van der Waals surface area contributed by atoms with E-state index >= 15 is 0 Å². The van der Waals surface area contributed by atoms with Crippen molar-refractivity contribution in [2.75, 3.05) is 29.6 Å². The molecule has 0 bridgehead atoms. The number of benzene rings is 2. The van der Waals surface area contributed by atoms with Gasteiger partial charge in [0.25, 0.3) is 5.91 Å². The summed E-state index contributed by atoms with van der Waals surface area (Å²) in [5.74, 6) is -0.612. The highest BCUT2D eigenvalue weighted by Gasteiger charge is 2.08. The van der Waals surface area contributed by atoms with E-state index in [9.17, 15) is 9.18 Å². The van der Waals surface area contributed by atoms with Crippen LogP contribution in [0.25, 0.3) is 0 Å². The lowest BCUT2D eigenvalue weighted by atomic mass is 10.2. The Bertz CT molecular complexity index is 892. The highest BCUT2D eigenvalue weighted by Crippen LogP contribution is 2.18. The van der Waals surface area contributed by atoms with Gasteiger partial charge in [-0.3, -0.25) is 4.79 Å². The molecule has 0 atom stereocenters. The summed E-state index contributed by atoms with van der Waals surface area (Å²) in [7, 11) is 3.91. The molecule has 0 spiro atoms. The van der Waals surface area contributed by atoms with E-state index in [0.29, 0.717) is 22.8 Å². The molecule has 5 nitrogen and oxygen atoms in total. The zero-order valence-electron chi connectivity index (χ0n) is 14.5. The third kappa shape index (κ3) is 4.36. The fourth-order valence-electron chi connectivity index (χ4n) is 2.37. The number of anilines is 4. The summed E-state index contributed by atoms with van der Waals surface area (Å²) in [4.78, 5) is 18.4. The van der Waals surface area contributed by atoms with Crippen molar-refractivity contribution < 1.29 is 9.18 Å². The number of carbonyl (C=O) groups excluding carboxylic acids is 1. The lowest BCUT2D eigenvalue weighted by Crippen LogP contribution is -2.14. The van der Waals surface area contributed by atoms with Gasteiger partial charge >= 0.3 is 0 Å². The van der Waals surface area contributed by atoms with Crippen LogP contribution in [0.2, 0.25) is 0 Å². The van der Waals surface area contributed by atoms with Crippen LogP contribution in [-0.4, -0.2) is 25.0 Å². The van der Waals surface area contributed by atoms with E-state index in [1.54, 1.807) is 24.3 Å². The number of aromatic nitrogens is 1. The van der Waals surface area contributed by atoms with Gasteiger partial charge in [-0.2, -0.15) is 0 Å². The normalized spacial score (nSPS) is 10.3. The first-order valence-electron chi connectivity index (χ1n) is 8.09. The molecule has 1 aromatic heterocycles. The first-order chi connectivity index (χ1) is 12.5. The van der Waals surface area contributed by atoms with Crippen LogP contribution >= 0.6 is 0 Å². The third-order valence-corrected chi connectivity index (χ3v) is 3.75. The van der Waals surface area contributed by atoms with Crippen LogP contribution in [0.5, 0.6) is 0 Å². The number of nitrogens with zero attached hydrogens (tertiary/aromatic N) is 2. The summed E-state index contributed by atoms with van der Waals surface area (Å²) >= 11 is 0. The minimum absolute atomic E-state index is 0.292. The van der Waals surface area contributed by atoms with E-state index in [1.165, 1.54) is 18.3 Å². The van der Waals surface area contributed by atoms with Gasteiger partial charge in [0, 0.05) is 31.2 Å². The maximum atomic E-state index is 13.2. The monoisotopic (exact) mass is 350 g/mol. The fraction of sp³-hybridized carbons (Fsp3) is 0.100. The highest BCUT2D eigenvalue weighted by atomic mass is 19.1. The number of hydrogen-bond donors (Lipinski definition) is 2. The molecule has 26 heavy (non-hydrogen) atoms. The Morgan fingerprint density at radius 3 is 2.31 bits per heavy atom. The molecule has 2 N–H and O–H groups in total. The second-order valence-corrected chi connectivity index (χ2v) is 5.96. The average molecular weight is 350 g/mol. The molecule has 0 unspecified atom stereocenters.